The molecule has 0 radical (unpaired) electrons. The summed E-state index contributed by atoms with van der Waals surface area (Å²) in [6.07, 6.45) is 1.90. The van der Waals surface area contributed by atoms with Crippen molar-refractivity contribution in [3.05, 3.63) is 41.2 Å². The van der Waals surface area contributed by atoms with Gasteiger partial charge in [0.05, 0.1) is 19.9 Å². The first kappa shape index (κ1) is 15.4. The summed E-state index contributed by atoms with van der Waals surface area (Å²) >= 11 is 0. The summed E-state index contributed by atoms with van der Waals surface area (Å²) in [5, 5.41) is 7.67. The number of benzene rings is 1. The van der Waals surface area contributed by atoms with E-state index in [0.717, 1.165) is 30.2 Å². The molecule has 1 heterocycles. The highest BCUT2D eigenvalue weighted by Crippen LogP contribution is 2.30. The normalized spacial score (nSPS) is 10.7. The Kier molecular flexibility index (Phi) is 5.22. The van der Waals surface area contributed by atoms with Crippen LogP contribution in [0.1, 0.15) is 23.7 Å². The lowest BCUT2D eigenvalue weighted by Crippen LogP contribution is -2.14. The van der Waals surface area contributed by atoms with Crippen molar-refractivity contribution in [1.82, 2.24) is 15.1 Å². The van der Waals surface area contributed by atoms with E-state index in [2.05, 4.69) is 17.3 Å². The molecule has 0 aliphatic rings. The van der Waals surface area contributed by atoms with Gasteiger partial charge in [-0.15, -0.1) is 0 Å². The number of ether oxygens (including phenoxy) is 2. The lowest BCUT2D eigenvalue weighted by molar-refractivity contribution is 0.308. The van der Waals surface area contributed by atoms with Crippen LogP contribution in [0.15, 0.2) is 24.4 Å². The predicted octanol–water partition coefficient (Wildman–Crippen LogP) is 2.43. The summed E-state index contributed by atoms with van der Waals surface area (Å²) < 4.78 is 12.9. The summed E-state index contributed by atoms with van der Waals surface area (Å²) in [6.45, 7) is 6.16. The summed E-state index contributed by atoms with van der Waals surface area (Å²) in [6, 6.07) is 5.96. The lowest BCUT2D eigenvalue weighted by Gasteiger charge is -2.14. The standard InChI is InChI=1S/C16H23N3O2/c1-5-21-15-8-6-7-13(16(15)20-4)9-17-10-14-11-18-19(3)12(14)2/h6-8,11,17H,5,9-10H2,1-4H3. The van der Waals surface area contributed by atoms with Gasteiger partial charge < -0.3 is 14.8 Å². The Hall–Kier alpha value is -2.01. The van der Waals surface area contributed by atoms with E-state index in [1.807, 2.05) is 43.0 Å². The maximum atomic E-state index is 5.59. The molecule has 0 aliphatic heterocycles. The molecule has 0 saturated heterocycles. The number of nitrogens with one attached hydrogen (secondary N) is 1. The molecule has 0 saturated carbocycles. The van der Waals surface area contributed by atoms with Gasteiger partial charge in [-0.25, -0.2) is 0 Å². The zero-order valence-electron chi connectivity index (χ0n) is 13.1. The number of rotatable bonds is 7. The molecule has 5 nitrogen and oxygen atoms in total. The largest absolute Gasteiger partial charge is 0.493 e. The van der Waals surface area contributed by atoms with Crippen LogP contribution in [-0.2, 0) is 20.1 Å². The number of aromatic nitrogens is 2. The minimum absolute atomic E-state index is 0.627. The van der Waals surface area contributed by atoms with Gasteiger partial charge in [-0.05, 0) is 19.9 Å². The van der Waals surface area contributed by atoms with Crippen molar-refractivity contribution in [1.29, 1.82) is 0 Å². The van der Waals surface area contributed by atoms with Gasteiger partial charge in [0.15, 0.2) is 11.5 Å². The van der Waals surface area contributed by atoms with Crippen LogP contribution in [0.4, 0.5) is 0 Å². The fraction of sp³-hybridized carbons (Fsp3) is 0.438. The highest BCUT2D eigenvalue weighted by molar-refractivity contribution is 5.46. The van der Waals surface area contributed by atoms with Crippen molar-refractivity contribution in [2.45, 2.75) is 26.9 Å². The predicted molar refractivity (Wildman–Crippen MR) is 82.7 cm³/mol. The van der Waals surface area contributed by atoms with Crippen molar-refractivity contribution >= 4 is 0 Å². The third-order valence-corrected chi connectivity index (χ3v) is 3.53. The van der Waals surface area contributed by atoms with Gasteiger partial charge in [0, 0.05) is 37.0 Å². The average Bonchev–Trinajstić information content (AvgIpc) is 2.80. The quantitative estimate of drug-likeness (QED) is 0.850. The minimum Gasteiger partial charge on any atom is -0.493 e. The van der Waals surface area contributed by atoms with E-state index in [-0.39, 0.29) is 0 Å². The van der Waals surface area contributed by atoms with E-state index in [0.29, 0.717) is 6.61 Å². The molecule has 0 fully saturated rings. The Balaban J connectivity index is 2.03. The maximum absolute atomic E-state index is 5.59. The first-order chi connectivity index (χ1) is 10.2. The third kappa shape index (κ3) is 3.55. The first-order valence-corrected chi connectivity index (χ1v) is 7.14. The molecule has 21 heavy (non-hydrogen) atoms. The van der Waals surface area contributed by atoms with Crippen molar-refractivity contribution in [3.63, 3.8) is 0 Å². The SMILES string of the molecule is CCOc1cccc(CNCc2cnn(C)c2C)c1OC. The fourth-order valence-corrected chi connectivity index (χ4v) is 2.25. The second kappa shape index (κ2) is 7.13. The molecule has 2 rings (SSSR count). The molecule has 0 atom stereocenters. The average molecular weight is 289 g/mol. The van der Waals surface area contributed by atoms with Gasteiger partial charge in [0.2, 0.25) is 0 Å². The van der Waals surface area contributed by atoms with Gasteiger partial charge in [0.25, 0.3) is 0 Å². The lowest BCUT2D eigenvalue weighted by atomic mass is 10.1. The van der Waals surface area contributed by atoms with E-state index >= 15 is 0 Å². The maximum Gasteiger partial charge on any atom is 0.165 e. The monoisotopic (exact) mass is 289 g/mol. The molecule has 1 aromatic carbocycles. The van der Waals surface area contributed by atoms with E-state index in [4.69, 9.17) is 9.47 Å². The number of hydrogen-bond acceptors (Lipinski definition) is 4. The Morgan fingerprint density at radius 1 is 1.24 bits per heavy atom. The van der Waals surface area contributed by atoms with Gasteiger partial charge in [-0.1, -0.05) is 12.1 Å². The summed E-state index contributed by atoms with van der Waals surface area (Å²) in [5.41, 5.74) is 3.47. The highest BCUT2D eigenvalue weighted by atomic mass is 16.5. The van der Waals surface area contributed by atoms with Gasteiger partial charge >= 0.3 is 0 Å². The Bertz CT molecular complexity index is 593. The molecule has 114 valence electrons. The Morgan fingerprint density at radius 2 is 2.00 bits per heavy atom. The zero-order valence-corrected chi connectivity index (χ0v) is 13.1. The van der Waals surface area contributed by atoms with E-state index in [9.17, 15) is 0 Å². The second-order valence-corrected chi connectivity index (χ2v) is 4.86. The summed E-state index contributed by atoms with van der Waals surface area (Å²) in [4.78, 5) is 0. The molecule has 0 aliphatic carbocycles. The molecule has 0 bridgehead atoms. The molecular formula is C16H23N3O2. The molecule has 1 N–H and O–H groups in total. The first-order valence-electron chi connectivity index (χ1n) is 7.14. The van der Waals surface area contributed by atoms with Crippen molar-refractivity contribution in [2.75, 3.05) is 13.7 Å². The van der Waals surface area contributed by atoms with Crippen LogP contribution in [0.3, 0.4) is 0 Å². The van der Waals surface area contributed by atoms with Crippen LogP contribution in [0.5, 0.6) is 11.5 Å². The summed E-state index contributed by atoms with van der Waals surface area (Å²) in [5.74, 6) is 1.59. The van der Waals surface area contributed by atoms with Crippen molar-refractivity contribution < 1.29 is 9.47 Å². The number of methoxy groups -OCH3 is 1. The fourth-order valence-electron chi connectivity index (χ4n) is 2.25. The van der Waals surface area contributed by atoms with Gasteiger partial charge in [0.1, 0.15) is 0 Å². The molecule has 0 unspecified atom stereocenters. The van der Waals surface area contributed by atoms with E-state index in [1.165, 1.54) is 11.3 Å². The zero-order chi connectivity index (χ0) is 15.2. The van der Waals surface area contributed by atoms with E-state index < -0.39 is 0 Å². The third-order valence-electron chi connectivity index (χ3n) is 3.53. The number of para-hydroxylation sites is 1. The van der Waals surface area contributed by atoms with Crippen LogP contribution < -0.4 is 14.8 Å². The number of nitrogens with zero attached hydrogens (tertiary/aromatic N) is 2. The summed E-state index contributed by atoms with van der Waals surface area (Å²) in [7, 11) is 3.63. The smallest absolute Gasteiger partial charge is 0.165 e. The Labute approximate surface area is 125 Å². The van der Waals surface area contributed by atoms with Crippen molar-refractivity contribution in [2.24, 2.45) is 7.05 Å². The van der Waals surface area contributed by atoms with Crippen LogP contribution in [0.2, 0.25) is 0 Å². The van der Waals surface area contributed by atoms with Crippen molar-refractivity contribution in [3.8, 4) is 11.5 Å². The van der Waals surface area contributed by atoms with E-state index in [1.54, 1.807) is 7.11 Å². The molecule has 0 spiro atoms. The van der Waals surface area contributed by atoms with Gasteiger partial charge in [-0.2, -0.15) is 5.10 Å². The number of aryl methyl sites for hydroxylation is 1. The van der Waals surface area contributed by atoms with Gasteiger partial charge in [-0.3, -0.25) is 4.68 Å². The van der Waals surface area contributed by atoms with Crippen LogP contribution >= 0.6 is 0 Å². The molecule has 1 aromatic heterocycles. The van der Waals surface area contributed by atoms with Crippen LogP contribution in [0.25, 0.3) is 0 Å². The molecule has 0 amide bonds. The highest BCUT2D eigenvalue weighted by Gasteiger charge is 2.10. The Morgan fingerprint density at radius 3 is 2.62 bits per heavy atom. The minimum atomic E-state index is 0.627. The molecular weight excluding hydrogens is 266 g/mol. The topological polar surface area (TPSA) is 48.3 Å². The van der Waals surface area contributed by atoms with Crippen LogP contribution in [-0.4, -0.2) is 23.5 Å². The molecule has 2 aromatic rings. The second-order valence-electron chi connectivity index (χ2n) is 4.86. The van der Waals surface area contributed by atoms with Crippen LogP contribution in [0, 0.1) is 6.92 Å². The number of hydrogen-bond donors (Lipinski definition) is 1. The molecule has 5 heteroatoms.